The predicted octanol–water partition coefficient (Wildman–Crippen LogP) is 1.01. The van der Waals surface area contributed by atoms with E-state index < -0.39 is 12.0 Å². The third-order valence-electron chi connectivity index (χ3n) is 2.87. The summed E-state index contributed by atoms with van der Waals surface area (Å²) in [6, 6.07) is -0.716. The average Bonchev–Trinajstić information content (AvgIpc) is 2.71. The summed E-state index contributed by atoms with van der Waals surface area (Å²) in [6.07, 6.45) is 4.57. The minimum absolute atomic E-state index is 0.269. The first-order valence-electron chi connectivity index (χ1n) is 5.51. The Bertz CT molecular complexity index is 407. The fourth-order valence-corrected chi connectivity index (χ4v) is 2.48. The molecule has 2 rings (SSSR count). The van der Waals surface area contributed by atoms with Gasteiger partial charge in [0, 0.05) is 6.54 Å². The van der Waals surface area contributed by atoms with Gasteiger partial charge in [-0.05, 0) is 24.4 Å². The van der Waals surface area contributed by atoms with Crippen LogP contribution in [0.15, 0.2) is 6.20 Å². The molecule has 92 valence electrons. The Morgan fingerprint density at radius 1 is 1.41 bits per heavy atom. The summed E-state index contributed by atoms with van der Waals surface area (Å²) in [4.78, 5) is 25.1. The molecule has 1 aromatic heterocycles. The first-order valence-corrected chi connectivity index (χ1v) is 6.28. The van der Waals surface area contributed by atoms with E-state index in [-0.39, 0.29) is 5.91 Å². The third kappa shape index (κ3) is 2.60. The van der Waals surface area contributed by atoms with Crippen LogP contribution in [0, 0.1) is 0 Å². The maximum atomic E-state index is 12.1. The SMILES string of the molecule is O=C(O)C1CCCCCN1C(=O)c1cnns1. The van der Waals surface area contributed by atoms with Gasteiger partial charge in [0.15, 0.2) is 0 Å². The quantitative estimate of drug-likeness (QED) is 0.852. The number of carboxylic acids is 1. The standard InChI is InChI=1S/C10H13N3O3S/c14-9(8-6-11-12-17-8)13-5-3-1-2-4-7(13)10(15)16/h6-7H,1-5H2,(H,15,16). The van der Waals surface area contributed by atoms with E-state index in [9.17, 15) is 9.59 Å². The Hall–Kier alpha value is -1.50. The number of carbonyl (C=O) groups is 2. The second-order valence-electron chi connectivity index (χ2n) is 3.98. The van der Waals surface area contributed by atoms with E-state index in [1.807, 2.05) is 0 Å². The van der Waals surface area contributed by atoms with Gasteiger partial charge in [-0.3, -0.25) is 4.79 Å². The molecule has 1 amide bonds. The van der Waals surface area contributed by atoms with Crippen molar-refractivity contribution < 1.29 is 14.7 Å². The summed E-state index contributed by atoms with van der Waals surface area (Å²) in [7, 11) is 0. The first-order chi connectivity index (χ1) is 8.20. The Labute approximate surface area is 102 Å². The minimum Gasteiger partial charge on any atom is -0.480 e. The second-order valence-corrected chi connectivity index (χ2v) is 4.77. The van der Waals surface area contributed by atoms with Crippen molar-refractivity contribution in [1.82, 2.24) is 14.5 Å². The first kappa shape index (κ1) is 12.0. The fourth-order valence-electron chi connectivity index (χ4n) is 2.01. The molecule has 17 heavy (non-hydrogen) atoms. The molecule has 1 unspecified atom stereocenters. The summed E-state index contributed by atoms with van der Waals surface area (Å²) in [5, 5.41) is 12.8. The Morgan fingerprint density at radius 2 is 2.24 bits per heavy atom. The van der Waals surface area contributed by atoms with Crippen LogP contribution in [0.1, 0.15) is 35.4 Å². The zero-order chi connectivity index (χ0) is 12.3. The lowest BCUT2D eigenvalue weighted by atomic mass is 10.1. The number of carbonyl (C=O) groups excluding carboxylic acids is 1. The Kier molecular flexibility index (Phi) is 3.68. The number of aliphatic carboxylic acids is 1. The lowest BCUT2D eigenvalue weighted by molar-refractivity contribution is -0.142. The molecular weight excluding hydrogens is 242 g/mol. The molecule has 0 aromatic carbocycles. The van der Waals surface area contributed by atoms with E-state index >= 15 is 0 Å². The topological polar surface area (TPSA) is 83.4 Å². The lowest BCUT2D eigenvalue weighted by Gasteiger charge is -2.25. The predicted molar refractivity (Wildman–Crippen MR) is 60.8 cm³/mol. The number of likely N-dealkylation sites (tertiary alicyclic amines) is 1. The van der Waals surface area contributed by atoms with Crippen LogP contribution in [-0.4, -0.2) is 44.1 Å². The number of hydrogen-bond donors (Lipinski definition) is 1. The van der Waals surface area contributed by atoms with Crippen molar-refractivity contribution in [3.05, 3.63) is 11.1 Å². The summed E-state index contributed by atoms with van der Waals surface area (Å²) >= 11 is 1.000. The highest BCUT2D eigenvalue weighted by Crippen LogP contribution is 2.20. The van der Waals surface area contributed by atoms with Crippen LogP contribution in [0.4, 0.5) is 0 Å². The molecule has 1 aliphatic heterocycles. The van der Waals surface area contributed by atoms with Crippen molar-refractivity contribution in [3.8, 4) is 0 Å². The molecule has 1 fully saturated rings. The van der Waals surface area contributed by atoms with Crippen molar-refractivity contribution in [2.45, 2.75) is 31.7 Å². The third-order valence-corrected chi connectivity index (χ3v) is 3.52. The fraction of sp³-hybridized carbons (Fsp3) is 0.600. The maximum absolute atomic E-state index is 12.1. The van der Waals surface area contributed by atoms with E-state index in [1.165, 1.54) is 11.1 Å². The van der Waals surface area contributed by atoms with Crippen LogP contribution in [0.25, 0.3) is 0 Å². The molecule has 1 N–H and O–H groups in total. The number of nitrogens with zero attached hydrogens (tertiary/aromatic N) is 3. The van der Waals surface area contributed by atoms with E-state index in [0.717, 1.165) is 30.8 Å². The van der Waals surface area contributed by atoms with Crippen LogP contribution in [-0.2, 0) is 4.79 Å². The van der Waals surface area contributed by atoms with Crippen LogP contribution in [0.5, 0.6) is 0 Å². The van der Waals surface area contributed by atoms with Crippen LogP contribution in [0.3, 0.4) is 0 Å². The normalized spacial score (nSPS) is 20.9. The largest absolute Gasteiger partial charge is 0.480 e. The number of carboxylic acid groups (broad SMARTS) is 1. The highest BCUT2D eigenvalue weighted by atomic mass is 32.1. The molecule has 2 heterocycles. The van der Waals surface area contributed by atoms with Gasteiger partial charge >= 0.3 is 5.97 Å². The van der Waals surface area contributed by atoms with Gasteiger partial charge in [-0.15, -0.1) is 5.10 Å². The van der Waals surface area contributed by atoms with Gasteiger partial charge in [-0.2, -0.15) is 0 Å². The number of amides is 1. The molecule has 1 aromatic rings. The molecular formula is C10H13N3O3S. The van der Waals surface area contributed by atoms with Gasteiger partial charge < -0.3 is 10.0 Å². The van der Waals surface area contributed by atoms with Gasteiger partial charge in [0.2, 0.25) is 0 Å². The van der Waals surface area contributed by atoms with Crippen molar-refractivity contribution in [1.29, 1.82) is 0 Å². The van der Waals surface area contributed by atoms with Crippen molar-refractivity contribution in [2.24, 2.45) is 0 Å². The molecule has 1 saturated heterocycles. The van der Waals surface area contributed by atoms with Crippen LogP contribution < -0.4 is 0 Å². The van der Waals surface area contributed by atoms with Crippen LogP contribution in [0.2, 0.25) is 0 Å². The highest BCUT2D eigenvalue weighted by Gasteiger charge is 2.31. The van der Waals surface area contributed by atoms with Gasteiger partial charge in [-0.25, -0.2) is 4.79 Å². The zero-order valence-electron chi connectivity index (χ0n) is 9.20. The van der Waals surface area contributed by atoms with E-state index in [2.05, 4.69) is 9.59 Å². The monoisotopic (exact) mass is 255 g/mol. The molecule has 0 aliphatic carbocycles. The summed E-state index contributed by atoms with van der Waals surface area (Å²) < 4.78 is 3.63. The highest BCUT2D eigenvalue weighted by molar-refractivity contribution is 7.07. The molecule has 0 bridgehead atoms. The van der Waals surface area contributed by atoms with Gasteiger partial charge in [0.25, 0.3) is 5.91 Å². The van der Waals surface area contributed by atoms with Gasteiger partial charge in [0.1, 0.15) is 10.9 Å². The zero-order valence-corrected chi connectivity index (χ0v) is 10.0. The van der Waals surface area contributed by atoms with E-state index in [1.54, 1.807) is 0 Å². The number of aromatic nitrogens is 2. The number of hydrogen-bond acceptors (Lipinski definition) is 5. The Balaban J connectivity index is 2.20. The smallest absolute Gasteiger partial charge is 0.326 e. The van der Waals surface area contributed by atoms with Crippen LogP contribution >= 0.6 is 11.5 Å². The van der Waals surface area contributed by atoms with E-state index in [0.29, 0.717) is 17.8 Å². The molecule has 0 spiro atoms. The Morgan fingerprint density at radius 3 is 2.88 bits per heavy atom. The molecule has 6 nitrogen and oxygen atoms in total. The van der Waals surface area contributed by atoms with Gasteiger partial charge in [0.05, 0.1) is 6.20 Å². The van der Waals surface area contributed by atoms with Crippen molar-refractivity contribution >= 4 is 23.4 Å². The minimum atomic E-state index is -0.933. The molecule has 7 heteroatoms. The molecule has 1 atom stereocenters. The van der Waals surface area contributed by atoms with Gasteiger partial charge in [-0.1, -0.05) is 17.3 Å². The molecule has 0 saturated carbocycles. The second kappa shape index (κ2) is 5.22. The van der Waals surface area contributed by atoms with Crippen molar-refractivity contribution in [3.63, 3.8) is 0 Å². The molecule has 0 radical (unpaired) electrons. The molecule has 1 aliphatic rings. The number of rotatable bonds is 2. The van der Waals surface area contributed by atoms with Crippen molar-refractivity contribution in [2.75, 3.05) is 6.54 Å². The average molecular weight is 255 g/mol. The summed E-state index contributed by atoms with van der Waals surface area (Å²) in [6.45, 7) is 0.494. The van der Waals surface area contributed by atoms with E-state index in [4.69, 9.17) is 5.11 Å². The lowest BCUT2D eigenvalue weighted by Crippen LogP contribution is -2.44. The summed E-state index contributed by atoms with van der Waals surface area (Å²) in [5.74, 6) is -1.20. The maximum Gasteiger partial charge on any atom is 0.326 e. The summed E-state index contributed by atoms with van der Waals surface area (Å²) in [5.41, 5.74) is 0.